The molecule has 1 unspecified atom stereocenters. The van der Waals surface area contributed by atoms with E-state index >= 15 is 0 Å². The predicted octanol–water partition coefficient (Wildman–Crippen LogP) is 4.39. The topological polar surface area (TPSA) is 29.9 Å². The highest BCUT2D eigenvalue weighted by molar-refractivity contribution is 9.10. The Hall–Kier alpha value is -0.780. The van der Waals surface area contributed by atoms with Crippen molar-refractivity contribution in [3.8, 4) is 0 Å². The third-order valence-electron chi connectivity index (χ3n) is 3.13. The molecule has 1 atom stereocenters. The number of hydrogen-bond acceptors (Lipinski definition) is 3. The highest BCUT2D eigenvalue weighted by Crippen LogP contribution is 2.33. The van der Waals surface area contributed by atoms with Gasteiger partial charge in [0, 0.05) is 34.9 Å². The van der Waals surface area contributed by atoms with Gasteiger partial charge in [0.2, 0.25) is 0 Å². The van der Waals surface area contributed by atoms with Crippen LogP contribution in [0.25, 0.3) is 0 Å². The molecule has 2 aromatic rings. The molecule has 0 spiro atoms. The van der Waals surface area contributed by atoms with Gasteiger partial charge in [-0.2, -0.15) is 0 Å². The Morgan fingerprint density at radius 1 is 1.45 bits per heavy atom. The minimum absolute atomic E-state index is 0.374. The van der Waals surface area contributed by atoms with Crippen LogP contribution in [-0.4, -0.2) is 16.1 Å². The first kappa shape index (κ1) is 15.6. The molecule has 1 aromatic carbocycles. The van der Waals surface area contributed by atoms with E-state index in [0.29, 0.717) is 6.04 Å². The monoisotopic (exact) mass is 353 g/mol. The van der Waals surface area contributed by atoms with E-state index in [2.05, 4.69) is 58.3 Å². The normalized spacial score (nSPS) is 12.6. The van der Waals surface area contributed by atoms with E-state index < -0.39 is 0 Å². The number of halogens is 1. The molecule has 20 heavy (non-hydrogen) atoms. The van der Waals surface area contributed by atoms with Gasteiger partial charge in [-0.25, -0.2) is 4.98 Å². The first-order chi connectivity index (χ1) is 9.61. The quantitative estimate of drug-likeness (QED) is 0.834. The SMILES string of the molecule is CCCNC(C)c1ccc(Sc2nccn2C)c(Br)c1. The van der Waals surface area contributed by atoms with Crippen molar-refractivity contribution in [2.45, 2.75) is 36.4 Å². The number of nitrogens with one attached hydrogen (secondary N) is 1. The summed E-state index contributed by atoms with van der Waals surface area (Å²) in [6.07, 6.45) is 4.93. The molecule has 5 heteroatoms. The Balaban J connectivity index is 2.11. The molecule has 108 valence electrons. The van der Waals surface area contributed by atoms with Gasteiger partial charge in [0.15, 0.2) is 5.16 Å². The molecule has 1 heterocycles. The van der Waals surface area contributed by atoms with E-state index in [9.17, 15) is 0 Å². The summed E-state index contributed by atoms with van der Waals surface area (Å²) >= 11 is 5.34. The summed E-state index contributed by atoms with van der Waals surface area (Å²) in [5.41, 5.74) is 1.30. The Labute approximate surface area is 133 Å². The second-order valence-corrected chi connectivity index (χ2v) is 6.65. The van der Waals surface area contributed by atoms with Gasteiger partial charge < -0.3 is 9.88 Å². The second-order valence-electron chi connectivity index (χ2n) is 4.79. The average molecular weight is 354 g/mol. The highest BCUT2D eigenvalue weighted by Gasteiger charge is 2.10. The third kappa shape index (κ3) is 3.87. The molecule has 3 nitrogen and oxygen atoms in total. The predicted molar refractivity (Wildman–Crippen MR) is 88.2 cm³/mol. The van der Waals surface area contributed by atoms with E-state index in [-0.39, 0.29) is 0 Å². The molecule has 0 aliphatic rings. The van der Waals surface area contributed by atoms with Gasteiger partial charge in [-0.15, -0.1) is 0 Å². The molecule has 0 radical (unpaired) electrons. The summed E-state index contributed by atoms with van der Waals surface area (Å²) in [7, 11) is 2.01. The van der Waals surface area contributed by atoms with Crippen LogP contribution in [0.3, 0.4) is 0 Å². The first-order valence-electron chi connectivity index (χ1n) is 6.79. The molecule has 0 aliphatic carbocycles. The largest absolute Gasteiger partial charge is 0.329 e. The molecule has 0 amide bonds. The standard InChI is InChI=1S/C15H20BrN3S/c1-4-7-17-11(2)12-5-6-14(13(16)10-12)20-15-18-8-9-19(15)3/h5-6,8-11,17H,4,7H2,1-3H3. The summed E-state index contributed by atoms with van der Waals surface area (Å²) in [6, 6.07) is 6.91. The zero-order valence-electron chi connectivity index (χ0n) is 12.1. The Morgan fingerprint density at radius 2 is 2.25 bits per heavy atom. The number of aromatic nitrogens is 2. The van der Waals surface area contributed by atoms with Crippen LogP contribution in [-0.2, 0) is 7.05 Å². The van der Waals surface area contributed by atoms with Gasteiger partial charge in [-0.1, -0.05) is 24.8 Å². The van der Waals surface area contributed by atoms with Crippen molar-refractivity contribution in [2.75, 3.05) is 6.54 Å². The van der Waals surface area contributed by atoms with Gasteiger partial charge in [0.05, 0.1) is 0 Å². The lowest BCUT2D eigenvalue weighted by Gasteiger charge is -2.15. The van der Waals surface area contributed by atoms with Gasteiger partial charge in [0.25, 0.3) is 0 Å². The summed E-state index contributed by atoms with van der Waals surface area (Å²) in [4.78, 5) is 5.53. The molecule has 0 aliphatic heterocycles. The fraction of sp³-hybridized carbons (Fsp3) is 0.400. The molecule has 1 N–H and O–H groups in total. The lowest BCUT2D eigenvalue weighted by molar-refractivity contribution is 0.570. The van der Waals surface area contributed by atoms with Crippen molar-refractivity contribution in [3.63, 3.8) is 0 Å². The van der Waals surface area contributed by atoms with Crippen LogP contribution >= 0.6 is 27.7 Å². The van der Waals surface area contributed by atoms with Gasteiger partial charge in [-0.05, 0) is 53.5 Å². The van der Waals surface area contributed by atoms with Crippen LogP contribution in [0.4, 0.5) is 0 Å². The molecule has 1 aromatic heterocycles. The van der Waals surface area contributed by atoms with Gasteiger partial charge in [0.1, 0.15) is 0 Å². The van der Waals surface area contributed by atoms with Crippen LogP contribution in [0, 0.1) is 0 Å². The maximum atomic E-state index is 4.34. The zero-order chi connectivity index (χ0) is 14.5. The average Bonchev–Trinajstić information content (AvgIpc) is 2.84. The number of benzene rings is 1. The summed E-state index contributed by atoms with van der Waals surface area (Å²) in [5, 5.41) is 4.50. The number of nitrogens with zero attached hydrogens (tertiary/aromatic N) is 2. The lowest BCUT2D eigenvalue weighted by Crippen LogP contribution is -2.19. The Bertz CT molecular complexity index is 568. The van der Waals surface area contributed by atoms with Crippen molar-refractivity contribution in [1.82, 2.24) is 14.9 Å². The first-order valence-corrected chi connectivity index (χ1v) is 8.40. The van der Waals surface area contributed by atoms with Crippen molar-refractivity contribution < 1.29 is 0 Å². The number of imidazole rings is 1. The van der Waals surface area contributed by atoms with Crippen molar-refractivity contribution in [3.05, 3.63) is 40.6 Å². The molecular formula is C15H20BrN3S. The number of rotatable bonds is 6. The molecular weight excluding hydrogens is 334 g/mol. The van der Waals surface area contributed by atoms with Crippen molar-refractivity contribution in [2.24, 2.45) is 7.05 Å². The summed E-state index contributed by atoms with van der Waals surface area (Å²) in [5.74, 6) is 0. The molecule has 0 saturated heterocycles. The van der Waals surface area contributed by atoms with E-state index in [1.54, 1.807) is 11.8 Å². The smallest absolute Gasteiger partial charge is 0.172 e. The van der Waals surface area contributed by atoms with Crippen LogP contribution in [0.2, 0.25) is 0 Å². The maximum absolute atomic E-state index is 4.34. The van der Waals surface area contributed by atoms with Crippen LogP contribution in [0.15, 0.2) is 45.1 Å². The third-order valence-corrected chi connectivity index (χ3v) is 5.21. The maximum Gasteiger partial charge on any atom is 0.172 e. The van der Waals surface area contributed by atoms with E-state index in [1.165, 1.54) is 10.5 Å². The number of aryl methyl sites for hydroxylation is 1. The Kier molecular flexibility index (Phi) is 5.69. The summed E-state index contributed by atoms with van der Waals surface area (Å²) < 4.78 is 3.14. The lowest BCUT2D eigenvalue weighted by atomic mass is 10.1. The van der Waals surface area contributed by atoms with Crippen LogP contribution < -0.4 is 5.32 Å². The second kappa shape index (κ2) is 7.29. The Morgan fingerprint density at radius 3 is 2.85 bits per heavy atom. The van der Waals surface area contributed by atoms with E-state index in [0.717, 1.165) is 22.6 Å². The molecule has 0 fully saturated rings. The fourth-order valence-corrected chi connectivity index (χ4v) is 3.34. The molecule has 0 bridgehead atoms. The van der Waals surface area contributed by atoms with E-state index in [4.69, 9.17) is 0 Å². The van der Waals surface area contributed by atoms with Crippen LogP contribution in [0.5, 0.6) is 0 Å². The van der Waals surface area contributed by atoms with Gasteiger partial charge in [-0.3, -0.25) is 0 Å². The highest BCUT2D eigenvalue weighted by atomic mass is 79.9. The minimum atomic E-state index is 0.374. The fourth-order valence-electron chi connectivity index (χ4n) is 1.90. The van der Waals surface area contributed by atoms with E-state index in [1.807, 2.05) is 24.0 Å². The molecule has 0 saturated carbocycles. The van der Waals surface area contributed by atoms with Gasteiger partial charge >= 0.3 is 0 Å². The minimum Gasteiger partial charge on any atom is -0.329 e. The van der Waals surface area contributed by atoms with Crippen molar-refractivity contribution in [1.29, 1.82) is 0 Å². The number of hydrogen-bond donors (Lipinski definition) is 1. The zero-order valence-corrected chi connectivity index (χ0v) is 14.5. The summed E-state index contributed by atoms with van der Waals surface area (Å²) in [6.45, 7) is 5.42. The molecule has 2 rings (SSSR count). The van der Waals surface area contributed by atoms with Crippen LogP contribution in [0.1, 0.15) is 31.9 Å². The van der Waals surface area contributed by atoms with Crippen molar-refractivity contribution >= 4 is 27.7 Å².